The van der Waals surface area contributed by atoms with Gasteiger partial charge in [0.1, 0.15) is 0 Å². The molecule has 0 radical (unpaired) electrons. The lowest BCUT2D eigenvalue weighted by Crippen LogP contribution is -2.06. The second-order valence-electron chi connectivity index (χ2n) is 2.81. The van der Waals surface area contributed by atoms with E-state index in [1.54, 1.807) is 13.0 Å². The number of carbonyl (C=O) groups excluding carboxylic acids is 1. The molecular weight excluding hydrogens is 176 g/mol. The summed E-state index contributed by atoms with van der Waals surface area (Å²) in [7, 11) is 0. The maximum Gasteiger partial charge on any atom is 0.338 e. The van der Waals surface area contributed by atoms with Crippen LogP contribution in [0.4, 0.5) is 0 Å². The van der Waals surface area contributed by atoms with Gasteiger partial charge in [0.25, 0.3) is 0 Å². The van der Waals surface area contributed by atoms with Crippen molar-refractivity contribution in [3.63, 3.8) is 0 Å². The first-order valence-corrected chi connectivity index (χ1v) is 4.68. The molecule has 0 spiro atoms. The predicted octanol–water partition coefficient (Wildman–Crippen LogP) is 2.90. The summed E-state index contributed by atoms with van der Waals surface area (Å²) < 4.78 is 4.94. The zero-order valence-electron chi connectivity index (χ0n) is 8.49. The van der Waals surface area contributed by atoms with Gasteiger partial charge in [-0.05, 0) is 25.5 Å². The van der Waals surface area contributed by atoms with Gasteiger partial charge in [-0.3, -0.25) is 0 Å². The summed E-state index contributed by atoms with van der Waals surface area (Å²) in [6.45, 7) is 4.13. The summed E-state index contributed by atoms with van der Waals surface area (Å²) in [5.41, 5.74) is 1.51. The van der Waals surface area contributed by atoms with E-state index in [2.05, 4.69) is 0 Å². The van der Waals surface area contributed by atoms with Crippen molar-refractivity contribution in [3.05, 3.63) is 41.5 Å². The Morgan fingerprint density at radius 2 is 2.14 bits per heavy atom. The van der Waals surface area contributed by atoms with Crippen molar-refractivity contribution in [2.75, 3.05) is 6.61 Å². The molecule has 74 valence electrons. The van der Waals surface area contributed by atoms with Gasteiger partial charge in [-0.15, -0.1) is 0 Å². The van der Waals surface area contributed by atoms with Crippen molar-refractivity contribution in [3.8, 4) is 0 Å². The molecule has 14 heavy (non-hydrogen) atoms. The number of rotatable bonds is 3. The van der Waals surface area contributed by atoms with Crippen LogP contribution in [-0.4, -0.2) is 12.6 Å². The van der Waals surface area contributed by atoms with Crippen molar-refractivity contribution in [1.29, 1.82) is 0 Å². The van der Waals surface area contributed by atoms with E-state index in [1.165, 1.54) is 0 Å². The van der Waals surface area contributed by atoms with Crippen LogP contribution in [0.3, 0.4) is 0 Å². The monoisotopic (exact) mass is 190 g/mol. The lowest BCUT2D eigenvalue weighted by molar-refractivity contribution is 0.0526. The van der Waals surface area contributed by atoms with Gasteiger partial charge in [0, 0.05) is 0 Å². The molecule has 0 saturated heterocycles. The summed E-state index contributed by atoms with van der Waals surface area (Å²) in [4.78, 5) is 11.5. The number of ether oxygens (including phenoxy) is 1. The molecule has 0 aromatic heterocycles. The number of carbonyl (C=O) groups is 1. The third kappa shape index (κ3) is 2.46. The molecule has 0 amide bonds. The number of allylic oxidation sites excluding steroid dienone is 1. The van der Waals surface area contributed by atoms with Gasteiger partial charge in [-0.1, -0.05) is 30.4 Å². The van der Waals surface area contributed by atoms with Crippen molar-refractivity contribution in [1.82, 2.24) is 0 Å². The van der Waals surface area contributed by atoms with E-state index in [1.807, 2.05) is 37.3 Å². The molecule has 0 unspecified atom stereocenters. The Balaban J connectivity index is 3.00. The zero-order chi connectivity index (χ0) is 10.4. The Hall–Kier alpha value is -1.57. The molecule has 0 saturated carbocycles. The summed E-state index contributed by atoms with van der Waals surface area (Å²) in [6.07, 6.45) is 3.80. The van der Waals surface area contributed by atoms with Crippen molar-refractivity contribution in [2.24, 2.45) is 0 Å². The van der Waals surface area contributed by atoms with Gasteiger partial charge in [0.2, 0.25) is 0 Å². The van der Waals surface area contributed by atoms with Crippen molar-refractivity contribution in [2.45, 2.75) is 13.8 Å². The maximum atomic E-state index is 11.5. The van der Waals surface area contributed by atoms with Crippen molar-refractivity contribution >= 4 is 12.0 Å². The first-order valence-electron chi connectivity index (χ1n) is 4.68. The van der Waals surface area contributed by atoms with Gasteiger partial charge in [-0.2, -0.15) is 0 Å². The van der Waals surface area contributed by atoms with Gasteiger partial charge in [0.15, 0.2) is 0 Å². The van der Waals surface area contributed by atoms with Crippen LogP contribution < -0.4 is 0 Å². The van der Waals surface area contributed by atoms with Crippen LogP contribution in [0.15, 0.2) is 30.3 Å². The number of hydrogen-bond acceptors (Lipinski definition) is 2. The molecule has 1 aromatic carbocycles. The average molecular weight is 190 g/mol. The third-order valence-electron chi connectivity index (χ3n) is 1.80. The molecule has 0 heterocycles. The quantitative estimate of drug-likeness (QED) is 0.685. The standard InChI is InChI=1S/C12H14O2/c1-3-7-10-8-5-6-9-11(10)12(13)14-4-2/h3,5-9H,4H2,1-2H3/b7-3+. The van der Waals surface area contributed by atoms with Crippen LogP contribution in [0.2, 0.25) is 0 Å². The molecule has 1 aromatic rings. The molecule has 0 aliphatic heterocycles. The van der Waals surface area contributed by atoms with Crippen LogP contribution in [0.1, 0.15) is 29.8 Å². The van der Waals surface area contributed by atoms with Crippen LogP contribution >= 0.6 is 0 Å². The summed E-state index contributed by atoms with van der Waals surface area (Å²) in [6, 6.07) is 7.40. The minimum absolute atomic E-state index is 0.263. The highest BCUT2D eigenvalue weighted by Crippen LogP contribution is 2.11. The summed E-state index contributed by atoms with van der Waals surface area (Å²) in [5, 5.41) is 0. The van der Waals surface area contributed by atoms with E-state index in [-0.39, 0.29) is 5.97 Å². The fourth-order valence-electron chi connectivity index (χ4n) is 1.22. The van der Waals surface area contributed by atoms with Crippen LogP contribution in [0.25, 0.3) is 6.08 Å². The van der Waals surface area contributed by atoms with E-state index < -0.39 is 0 Å². The molecule has 2 heteroatoms. The average Bonchev–Trinajstić information content (AvgIpc) is 2.19. The Labute approximate surface area is 84.2 Å². The summed E-state index contributed by atoms with van der Waals surface area (Å²) in [5.74, 6) is -0.263. The molecule has 0 aliphatic carbocycles. The second-order valence-corrected chi connectivity index (χ2v) is 2.81. The van der Waals surface area contributed by atoms with Crippen LogP contribution in [0, 0.1) is 0 Å². The Morgan fingerprint density at radius 1 is 1.43 bits per heavy atom. The first-order chi connectivity index (χ1) is 6.79. The van der Waals surface area contributed by atoms with Gasteiger partial charge in [-0.25, -0.2) is 4.79 Å². The molecule has 1 rings (SSSR count). The lowest BCUT2D eigenvalue weighted by Gasteiger charge is -2.04. The fraction of sp³-hybridized carbons (Fsp3) is 0.250. The van der Waals surface area contributed by atoms with Crippen LogP contribution in [0.5, 0.6) is 0 Å². The van der Waals surface area contributed by atoms with E-state index in [4.69, 9.17) is 4.74 Å². The van der Waals surface area contributed by atoms with Gasteiger partial charge >= 0.3 is 5.97 Å². The minimum atomic E-state index is -0.263. The maximum absolute atomic E-state index is 11.5. The second kappa shape index (κ2) is 5.22. The Bertz CT molecular complexity index is 340. The fourth-order valence-corrected chi connectivity index (χ4v) is 1.22. The molecular formula is C12H14O2. The smallest absolute Gasteiger partial charge is 0.338 e. The van der Waals surface area contributed by atoms with Gasteiger partial charge in [0.05, 0.1) is 12.2 Å². The lowest BCUT2D eigenvalue weighted by atomic mass is 10.1. The van der Waals surface area contributed by atoms with E-state index >= 15 is 0 Å². The third-order valence-corrected chi connectivity index (χ3v) is 1.80. The minimum Gasteiger partial charge on any atom is -0.462 e. The van der Waals surface area contributed by atoms with E-state index in [9.17, 15) is 4.79 Å². The largest absolute Gasteiger partial charge is 0.462 e. The topological polar surface area (TPSA) is 26.3 Å². The van der Waals surface area contributed by atoms with Gasteiger partial charge < -0.3 is 4.74 Å². The predicted molar refractivity (Wildman–Crippen MR) is 57.1 cm³/mol. The molecule has 2 nitrogen and oxygen atoms in total. The highest BCUT2D eigenvalue weighted by atomic mass is 16.5. The highest BCUT2D eigenvalue weighted by molar-refractivity contribution is 5.93. The highest BCUT2D eigenvalue weighted by Gasteiger charge is 2.08. The molecule has 0 bridgehead atoms. The number of benzene rings is 1. The molecule has 0 aliphatic rings. The number of esters is 1. The molecule has 0 fully saturated rings. The summed E-state index contributed by atoms with van der Waals surface area (Å²) >= 11 is 0. The molecule has 0 atom stereocenters. The Morgan fingerprint density at radius 3 is 2.79 bits per heavy atom. The Kier molecular flexibility index (Phi) is 3.92. The zero-order valence-corrected chi connectivity index (χ0v) is 8.49. The SMILES string of the molecule is C/C=C/c1ccccc1C(=O)OCC. The van der Waals surface area contributed by atoms with Crippen molar-refractivity contribution < 1.29 is 9.53 Å². The first kappa shape index (κ1) is 10.5. The molecule has 0 N–H and O–H groups in total. The number of hydrogen-bond donors (Lipinski definition) is 0. The normalized spacial score (nSPS) is 10.4. The van der Waals surface area contributed by atoms with E-state index in [0.717, 1.165) is 5.56 Å². The van der Waals surface area contributed by atoms with E-state index in [0.29, 0.717) is 12.2 Å². The van der Waals surface area contributed by atoms with Crippen LogP contribution in [-0.2, 0) is 4.74 Å².